The van der Waals surface area contributed by atoms with Gasteiger partial charge in [-0.3, -0.25) is 19.2 Å². The highest BCUT2D eigenvalue weighted by Gasteiger charge is 2.30. The van der Waals surface area contributed by atoms with Crippen LogP contribution in [0, 0.1) is 0 Å². The average Bonchev–Trinajstić information content (AvgIpc) is 2.51. The third-order valence-electron chi connectivity index (χ3n) is 3.03. The summed E-state index contributed by atoms with van der Waals surface area (Å²) in [5, 5.41) is 4.75. The standard InChI is InChI=1S/C15H16N2O6/c1-9(18)22-15(10-5-3-2-4-6-10)23-13(20)7-11-14(21)16-8-12(19)17-11/h2-6,11,15H,7-8H2,1H3,(H,16,21)(H,17,19)/t11-,15?/m0/s1. The van der Waals surface area contributed by atoms with Crippen LogP contribution in [0.25, 0.3) is 0 Å². The van der Waals surface area contributed by atoms with E-state index in [4.69, 9.17) is 9.47 Å². The number of hydrogen-bond donors (Lipinski definition) is 2. The second-order valence-electron chi connectivity index (χ2n) is 4.88. The number of amides is 2. The zero-order chi connectivity index (χ0) is 16.8. The van der Waals surface area contributed by atoms with Crippen LogP contribution >= 0.6 is 0 Å². The quantitative estimate of drug-likeness (QED) is 0.574. The highest BCUT2D eigenvalue weighted by molar-refractivity contribution is 5.96. The van der Waals surface area contributed by atoms with Crippen molar-refractivity contribution in [3.63, 3.8) is 0 Å². The van der Waals surface area contributed by atoms with Crippen molar-refractivity contribution in [2.24, 2.45) is 0 Å². The van der Waals surface area contributed by atoms with Crippen LogP contribution in [-0.2, 0) is 28.7 Å². The van der Waals surface area contributed by atoms with Crippen LogP contribution in [-0.4, -0.2) is 36.3 Å². The van der Waals surface area contributed by atoms with E-state index in [2.05, 4.69) is 10.6 Å². The van der Waals surface area contributed by atoms with Gasteiger partial charge < -0.3 is 20.1 Å². The fourth-order valence-corrected chi connectivity index (χ4v) is 2.00. The fraction of sp³-hybridized carbons (Fsp3) is 0.333. The molecular formula is C15H16N2O6. The molecule has 8 nitrogen and oxygen atoms in total. The summed E-state index contributed by atoms with van der Waals surface area (Å²) in [6.07, 6.45) is -1.56. The summed E-state index contributed by atoms with van der Waals surface area (Å²) >= 11 is 0. The molecule has 1 heterocycles. The van der Waals surface area contributed by atoms with Gasteiger partial charge in [-0.1, -0.05) is 30.3 Å². The third kappa shape index (κ3) is 4.80. The number of piperazine rings is 1. The molecule has 8 heteroatoms. The Labute approximate surface area is 132 Å². The maximum atomic E-state index is 12.0. The van der Waals surface area contributed by atoms with Crippen LogP contribution in [0.15, 0.2) is 30.3 Å². The van der Waals surface area contributed by atoms with Gasteiger partial charge in [-0.05, 0) is 0 Å². The number of nitrogens with one attached hydrogen (secondary N) is 2. The molecule has 2 atom stereocenters. The molecule has 0 spiro atoms. The summed E-state index contributed by atoms with van der Waals surface area (Å²) in [4.78, 5) is 46.0. The first kappa shape index (κ1) is 16.5. The first-order chi connectivity index (χ1) is 11.0. The van der Waals surface area contributed by atoms with Crippen molar-refractivity contribution in [2.75, 3.05) is 6.54 Å². The van der Waals surface area contributed by atoms with E-state index >= 15 is 0 Å². The third-order valence-corrected chi connectivity index (χ3v) is 3.03. The van der Waals surface area contributed by atoms with Crippen molar-refractivity contribution in [1.29, 1.82) is 0 Å². The Morgan fingerprint density at radius 3 is 2.57 bits per heavy atom. The van der Waals surface area contributed by atoms with Gasteiger partial charge in [0.2, 0.25) is 11.8 Å². The average molecular weight is 320 g/mol. The van der Waals surface area contributed by atoms with E-state index in [-0.39, 0.29) is 18.9 Å². The van der Waals surface area contributed by atoms with Gasteiger partial charge in [0.05, 0.1) is 13.0 Å². The molecule has 0 aliphatic carbocycles. The van der Waals surface area contributed by atoms with Gasteiger partial charge in [-0.25, -0.2) is 0 Å². The van der Waals surface area contributed by atoms with E-state index in [1.807, 2.05) is 0 Å². The molecule has 0 bridgehead atoms. The van der Waals surface area contributed by atoms with E-state index in [1.54, 1.807) is 30.3 Å². The molecule has 1 aliphatic rings. The van der Waals surface area contributed by atoms with Gasteiger partial charge in [0.15, 0.2) is 0 Å². The molecule has 2 amide bonds. The molecule has 1 aromatic rings. The van der Waals surface area contributed by atoms with E-state index in [9.17, 15) is 19.2 Å². The van der Waals surface area contributed by atoms with Gasteiger partial charge in [-0.15, -0.1) is 0 Å². The molecule has 1 aliphatic heterocycles. The van der Waals surface area contributed by atoms with E-state index in [0.717, 1.165) is 0 Å². The summed E-state index contributed by atoms with van der Waals surface area (Å²) in [6, 6.07) is 7.44. The zero-order valence-electron chi connectivity index (χ0n) is 12.4. The number of benzene rings is 1. The molecule has 0 aromatic heterocycles. The summed E-state index contributed by atoms with van der Waals surface area (Å²) in [7, 11) is 0. The Morgan fingerprint density at radius 2 is 1.91 bits per heavy atom. The lowest BCUT2D eigenvalue weighted by Crippen LogP contribution is -2.56. The molecule has 1 aromatic carbocycles. The van der Waals surface area contributed by atoms with Gasteiger partial charge in [0.1, 0.15) is 6.04 Å². The normalized spacial score (nSPS) is 18.4. The highest BCUT2D eigenvalue weighted by Crippen LogP contribution is 2.20. The van der Waals surface area contributed by atoms with Crippen molar-refractivity contribution < 1.29 is 28.7 Å². The highest BCUT2D eigenvalue weighted by atomic mass is 16.7. The predicted octanol–water partition coefficient (Wildman–Crippen LogP) is -0.204. The minimum atomic E-state index is -1.21. The number of hydrogen-bond acceptors (Lipinski definition) is 6. The summed E-state index contributed by atoms with van der Waals surface area (Å²) in [5.41, 5.74) is 0.480. The molecule has 1 unspecified atom stereocenters. The molecule has 0 saturated carbocycles. The Balaban J connectivity index is 2.01. The van der Waals surface area contributed by atoms with Crippen LogP contribution in [0.2, 0.25) is 0 Å². The molecule has 23 heavy (non-hydrogen) atoms. The van der Waals surface area contributed by atoms with Gasteiger partial charge in [0.25, 0.3) is 6.29 Å². The number of esters is 2. The van der Waals surface area contributed by atoms with Gasteiger partial charge >= 0.3 is 11.9 Å². The van der Waals surface area contributed by atoms with Gasteiger partial charge in [0, 0.05) is 12.5 Å². The van der Waals surface area contributed by atoms with Crippen LogP contribution in [0.5, 0.6) is 0 Å². The minimum absolute atomic E-state index is 0.121. The monoisotopic (exact) mass is 320 g/mol. The maximum Gasteiger partial charge on any atom is 0.311 e. The molecule has 122 valence electrons. The van der Waals surface area contributed by atoms with Crippen molar-refractivity contribution in [1.82, 2.24) is 10.6 Å². The largest absolute Gasteiger partial charge is 0.421 e. The number of ether oxygens (including phenoxy) is 2. The molecule has 1 saturated heterocycles. The SMILES string of the molecule is CC(=O)OC(OC(=O)C[C@@H]1NC(=O)CNC1=O)c1ccccc1. The Morgan fingerprint density at radius 1 is 1.22 bits per heavy atom. The van der Waals surface area contributed by atoms with Crippen molar-refractivity contribution in [3.8, 4) is 0 Å². The number of rotatable bonds is 5. The van der Waals surface area contributed by atoms with E-state index < -0.39 is 30.2 Å². The molecule has 2 N–H and O–H groups in total. The Bertz CT molecular complexity index is 616. The van der Waals surface area contributed by atoms with Crippen LogP contribution in [0.3, 0.4) is 0 Å². The number of carbonyl (C=O) groups is 4. The number of carbonyl (C=O) groups excluding carboxylic acids is 4. The lowest BCUT2D eigenvalue weighted by molar-refractivity contribution is -0.188. The molecule has 0 radical (unpaired) electrons. The Hall–Kier alpha value is -2.90. The molecule has 1 fully saturated rings. The Kier molecular flexibility index (Phi) is 5.29. The van der Waals surface area contributed by atoms with Crippen molar-refractivity contribution >= 4 is 23.8 Å². The van der Waals surface area contributed by atoms with Gasteiger partial charge in [-0.2, -0.15) is 0 Å². The first-order valence-electron chi connectivity index (χ1n) is 6.94. The first-order valence-corrected chi connectivity index (χ1v) is 6.94. The van der Waals surface area contributed by atoms with Crippen LogP contribution in [0.4, 0.5) is 0 Å². The van der Waals surface area contributed by atoms with E-state index in [1.165, 1.54) is 6.92 Å². The van der Waals surface area contributed by atoms with Crippen molar-refractivity contribution in [2.45, 2.75) is 25.7 Å². The lowest BCUT2D eigenvalue weighted by Gasteiger charge is -2.23. The smallest absolute Gasteiger partial charge is 0.311 e. The summed E-state index contributed by atoms with van der Waals surface area (Å²) < 4.78 is 10.1. The van der Waals surface area contributed by atoms with Crippen LogP contribution < -0.4 is 10.6 Å². The van der Waals surface area contributed by atoms with Crippen LogP contribution in [0.1, 0.15) is 25.2 Å². The summed E-state index contributed by atoms with van der Waals surface area (Å²) in [5.74, 6) is -2.25. The van der Waals surface area contributed by atoms with Crippen molar-refractivity contribution in [3.05, 3.63) is 35.9 Å². The second-order valence-corrected chi connectivity index (χ2v) is 4.88. The second kappa shape index (κ2) is 7.39. The van der Waals surface area contributed by atoms with E-state index in [0.29, 0.717) is 5.56 Å². The lowest BCUT2D eigenvalue weighted by atomic mass is 10.1. The topological polar surface area (TPSA) is 111 Å². The molecule has 2 rings (SSSR count). The predicted molar refractivity (Wildman–Crippen MR) is 76.6 cm³/mol. The summed E-state index contributed by atoms with van der Waals surface area (Å²) in [6.45, 7) is 1.07. The minimum Gasteiger partial charge on any atom is -0.421 e. The molecular weight excluding hydrogens is 304 g/mol. The zero-order valence-corrected chi connectivity index (χ0v) is 12.4. The fourth-order valence-electron chi connectivity index (χ4n) is 2.00. The maximum absolute atomic E-state index is 12.0.